The third-order valence-electron chi connectivity index (χ3n) is 1.85. The van der Waals surface area contributed by atoms with Crippen molar-refractivity contribution in [2.45, 2.75) is 13.8 Å². The number of hydrogen-bond acceptors (Lipinski definition) is 7. The van der Waals surface area contributed by atoms with Crippen molar-refractivity contribution >= 4 is 34.4 Å². The Morgan fingerprint density at radius 3 is 3.06 bits per heavy atom. The van der Waals surface area contributed by atoms with E-state index in [-0.39, 0.29) is 11.8 Å². The van der Waals surface area contributed by atoms with Crippen LogP contribution in [0.5, 0.6) is 5.88 Å². The highest BCUT2D eigenvalue weighted by atomic mass is 32.1. The number of nitrogens with zero attached hydrogens (tertiary/aromatic N) is 3. The zero-order valence-electron chi connectivity index (χ0n) is 9.67. The maximum Gasteiger partial charge on any atom is 0.233 e. The molecule has 0 aromatic carbocycles. The molecule has 0 saturated heterocycles. The summed E-state index contributed by atoms with van der Waals surface area (Å²) < 4.78 is 4.85. The van der Waals surface area contributed by atoms with Crippen molar-refractivity contribution in [1.29, 1.82) is 0 Å². The van der Waals surface area contributed by atoms with Crippen LogP contribution >= 0.6 is 11.3 Å². The second-order valence-electron chi connectivity index (χ2n) is 3.44. The predicted molar refractivity (Wildman–Crippen MR) is 66.6 cm³/mol. The van der Waals surface area contributed by atoms with Gasteiger partial charge in [0.2, 0.25) is 11.8 Å². The number of carbonyl (C=O) groups is 1. The monoisotopic (exact) mass is 266 g/mol. The number of anilines is 1. The second-order valence-corrected chi connectivity index (χ2v) is 4.47. The van der Waals surface area contributed by atoms with Crippen LogP contribution in [0.4, 0.5) is 10.9 Å². The summed E-state index contributed by atoms with van der Waals surface area (Å²) in [7, 11) is 0. The van der Waals surface area contributed by atoms with Gasteiger partial charge in [0.15, 0.2) is 10.9 Å². The van der Waals surface area contributed by atoms with Crippen molar-refractivity contribution in [3.05, 3.63) is 16.7 Å². The molecular formula is C10H10N4O3S. The number of aromatic nitrogens is 2. The molecule has 0 saturated carbocycles. The molecule has 0 atom stereocenters. The van der Waals surface area contributed by atoms with Crippen LogP contribution in [-0.2, 0) is 4.79 Å². The number of aryl methyl sites for hydroxylation is 1. The Bertz CT molecular complexity index is 602. The summed E-state index contributed by atoms with van der Waals surface area (Å²) in [6.45, 7) is 3.12. The van der Waals surface area contributed by atoms with Gasteiger partial charge in [0.05, 0.1) is 6.21 Å². The molecule has 2 N–H and O–H groups in total. The molecule has 94 valence electrons. The number of hydrogen-bond donors (Lipinski definition) is 2. The highest BCUT2D eigenvalue weighted by Gasteiger charge is 2.09. The Morgan fingerprint density at radius 1 is 1.67 bits per heavy atom. The molecular weight excluding hydrogens is 256 g/mol. The normalized spacial score (nSPS) is 11.0. The number of carbonyl (C=O) groups excluding carboxylic acids is 1. The van der Waals surface area contributed by atoms with E-state index in [9.17, 15) is 9.90 Å². The van der Waals surface area contributed by atoms with Crippen molar-refractivity contribution in [2.75, 3.05) is 5.32 Å². The largest absolute Gasteiger partial charge is 0.492 e. The van der Waals surface area contributed by atoms with Gasteiger partial charge in [-0.15, -0.1) is 0 Å². The number of thiazole rings is 1. The average Bonchev–Trinajstić information content (AvgIpc) is 2.82. The highest BCUT2D eigenvalue weighted by molar-refractivity contribution is 7.17. The van der Waals surface area contributed by atoms with Crippen molar-refractivity contribution in [3.8, 4) is 5.88 Å². The topological polar surface area (TPSA) is 101 Å². The van der Waals surface area contributed by atoms with Gasteiger partial charge < -0.3 is 14.9 Å². The Labute approximate surface area is 106 Å². The first kappa shape index (κ1) is 12.2. The van der Waals surface area contributed by atoms with Crippen LogP contribution in [0.1, 0.15) is 17.6 Å². The van der Waals surface area contributed by atoms with Crippen molar-refractivity contribution < 1.29 is 14.4 Å². The predicted octanol–water partition coefficient (Wildman–Crippen LogP) is 1.85. The molecule has 7 nitrogen and oxygen atoms in total. The number of aromatic hydroxyl groups is 1. The SMILES string of the molecule is CC(=O)Nc1nc(O)c(C=Nc2cc(C)on2)s1. The van der Waals surface area contributed by atoms with E-state index in [0.29, 0.717) is 21.6 Å². The number of amides is 1. The first-order valence-corrected chi connectivity index (χ1v) is 5.81. The van der Waals surface area contributed by atoms with Gasteiger partial charge in [-0.3, -0.25) is 4.79 Å². The van der Waals surface area contributed by atoms with E-state index >= 15 is 0 Å². The van der Waals surface area contributed by atoms with E-state index in [4.69, 9.17) is 4.52 Å². The van der Waals surface area contributed by atoms with Crippen LogP contribution in [0.25, 0.3) is 0 Å². The lowest BCUT2D eigenvalue weighted by Crippen LogP contribution is -2.04. The van der Waals surface area contributed by atoms with Gasteiger partial charge in [-0.1, -0.05) is 16.5 Å². The van der Waals surface area contributed by atoms with E-state index in [0.717, 1.165) is 11.3 Å². The van der Waals surface area contributed by atoms with Gasteiger partial charge in [-0.25, -0.2) is 4.99 Å². The second kappa shape index (κ2) is 4.96. The molecule has 0 aliphatic rings. The van der Waals surface area contributed by atoms with Crippen LogP contribution in [0.2, 0.25) is 0 Å². The molecule has 18 heavy (non-hydrogen) atoms. The summed E-state index contributed by atoms with van der Waals surface area (Å²) in [5.74, 6) is 0.614. The third kappa shape index (κ3) is 2.92. The summed E-state index contributed by atoms with van der Waals surface area (Å²) in [6.07, 6.45) is 1.41. The Kier molecular flexibility index (Phi) is 3.38. The van der Waals surface area contributed by atoms with Crippen LogP contribution < -0.4 is 5.32 Å². The average molecular weight is 266 g/mol. The van der Waals surface area contributed by atoms with Crippen LogP contribution in [0, 0.1) is 6.92 Å². The lowest BCUT2D eigenvalue weighted by atomic mass is 10.5. The van der Waals surface area contributed by atoms with E-state index in [1.807, 2.05) is 0 Å². The van der Waals surface area contributed by atoms with Gasteiger partial charge in [0, 0.05) is 13.0 Å². The van der Waals surface area contributed by atoms with Crippen molar-refractivity contribution in [2.24, 2.45) is 4.99 Å². The van der Waals surface area contributed by atoms with Gasteiger partial charge in [-0.2, -0.15) is 4.98 Å². The lowest BCUT2D eigenvalue weighted by molar-refractivity contribution is -0.114. The lowest BCUT2D eigenvalue weighted by Gasteiger charge is -1.91. The summed E-state index contributed by atoms with van der Waals surface area (Å²) in [5, 5.41) is 16.0. The summed E-state index contributed by atoms with van der Waals surface area (Å²) in [5.41, 5.74) is 0. The molecule has 2 aromatic rings. The van der Waals surface area contributed by atoms with Crippen molar-refractivity contribution in [3.63, 3.8) is 0 Å². The van der Waals surface area contributed by atoms with Crippen LogP contribution in [0.15, 0.2) is 15.6 Å². The Balaban J connectivity index is 2.16. The van der Waals surface area contributed by atoms with E-state index in [2.05, 4.69) is 20.4 Å². The smallest absolute Gasteiger partial charge is 0.233 e. The minimum atomic E-state index is -0.251. The fraction of sp³-hybridized carbons (Fsp3) is 0.200. The van der Waals surface area contributed by atoms with Gasteiger partial charge >= 0.3 is 0 Å². The standard InChI is InChI=1S/C10H10N4O3S/c1-5-3-8(14-17-5)11-4-7-9(16)13-10(18-7)12-6(2)15/h3-4,16H,1-2H3,(H,12,13,15). The summed E-state index contributed by atoms with van der Waals surface area (Å²) in [4.78, 5) is 19.1. The molecule has 0 radical (unpaired) electrons. The number of aliphatic imine (C=N–C) groups is 1. The van der Waals surface area contributed by atoms with Crippen LogP contribution in [0.3, 0.4) is 0 Å². The summed E-state index contributed by atoms with van der Waals surface area (Å²) >= 11 is 1.11. The van der Waals surface area contributed by atoms with E-state index < -0.39 is 0 Å². The van der Waals surface area contributed by atoms with E-state index in [1.54, 1.807) is 13.0 Å². The molecule has 0 aliphatic heterocycles. The molecule has 0 fully saturated rings. The summed E-state index contributed by atoms with van der Waals surface area (Å²) in [6, 6.07) is 1.66. The maximum absolute atomic E-state index is 10.8. The zero-order chi connectivity index (χ0) is 13.1. The minimum absolute atomic E-state index is 0.187. The van der Waals surface area contributed by atoms with Gasteiger partial charge in [0.25, 0.3) is 0 Å². The van der Waals surface area contributed by atoms with Gasteiger partial charge in [-0.05, 0) is 6.92 Å². The molecule has 8 heteroatoms. The fourth-order valence-electron chi connectivity index (χ4n) is 1.15. The molecule has 0 aliphatic carbocycles. The third-order valence-corrected chi connectivity index (χ3v) is 2.74. The quantitative estimate of drug-likeness (QED) is 0.826. The van der Waals surface area contributed by atoms with Gasteiger partial charge in [0.1, 0.15) is 10.6 Å². The Hall–Kier alpha value is -2.22. The minimum Gasteiger partial charge on any atom is -0.492 e. The number of nitrogens with one attached hydrogen (secondary N) is 1. The Morgan fingerprint density at radius 2 is 2.44 bits per heavy atom. The fourth-order valence-corrected chi connectivity index (χ4v) is 1.93. The molecule has 2 heterocycles. The number of rotatable bonds is 3. The molecule has 1 amide bonds. The van der Waals surface area contributed by atoms with Crippen LogP contribution in [-0.4, -0.2) is 27.4 Å². The zero-order valence-corrected chi connectivity index (χ0v) is 10.5. The molecule has 2 rings (SSSR count). The highest BCUT2D eigenvalue weighted by Crippen LogP contribution is 2.26. The van der Waals surface area contributed by atoms with Crippen molar-refractivity contribution in [1.82, 2.24) is 10.1 Å². The molecule has 0 unspecified atom stereocenters. The maximum atomic E-state index is 10.8. The molecule has 0 spiro atoms. The first-order chi connectivity index (χ1) is 8.54. The molecule has 0 bridgehead atoms. The molecule has 2 aromatic heterocycles. The first-order valence-electron chi connectivity index (χ1n) is 4.99. The van der Waals surface area contributed by atoms with E-state index in [1.165, 1.54) is 13.1 Å².